The zero-order valence-electron chi connectivity index (χ0n) is 13.5. The van der Waals surface area contributed by atoms with Crippen LogP contribution in [-0.2, 0) is 15.6 Å². The summed E-state index contributed by atoms with van der Waals surface area (Å²) in [6.07, 6.45) is 1.10. The first-order valence-electron chi connectivity index (χ1n) is 7.77. The highest BCUT2D eigenvalue weighted by Gasteiger charge is 2.22. The number of hydrogen-bond donors (Lipinski definition) is 4. The molecular weight excluding hydrogens is 314 g/mol. The number of hydrogen-bond acceptors (Lipinski definition) is 5. The van der Waals surface area contributed by atoms with E-state index in [2.05, 4.69) is 5.32 Å². The summed E-state index contributed by atoms with van der Waals surface area (Å²) >= 11 is 0. The molecule has 0 aromatic heterocycles. The zero-order valence-corrected chi connectivity index (χ0v) is 14.3. The second kappa shape index (κ2) is 9.64. The van der Waals surface area contributed by atoms with Crippen LogP contribution in [0, 0.1) is 5.41 Å². The molecule has 0 fully saturated rings. The average Bonchev–Trinajstić information content (AvgIpc) is 2.46. The van der Waals surface area contributed by atoms with Crippen LogP contribution in [0.25, 0.3) is 0 Å². The Hall–Kier alpha value is -1.44. The quantitative estimate of drug-likeness (QED) is 0.288. The molecular formula is C16H27N3O3S. The molecule has 0 aliphatic carbocycles. The first-order valence-corrected chi connectivity index (χ1v) is 9.59. The number of aliphatic hydroxyl groups excluding tert-OH is 1. The molecule has 1 aromatic rings. The van der Waals surface area contributed by atoms with Gasteiger partial charge in [-0.15, -0.1) is 0 Å². The monoisotopic (exact) mass is 341 g/mol. The number of sulfone groups is 1. The Kier molecular flexibility index (Phi) is 8.22. The number of benzene rings is 1. The fraction of sp³-hybridized carbons (Fsp3) is 0.562. The van der Waals surface area contributed by atoms with E-state index in [0.29, 0.717) is 24.4 Å². The molecule has 130 valence electrons. The van der Waals surface area contributed by atoms with E-state index in [9.17, 15) is 13.5 Å². The van der Waals surface area contributed by atoms with Gasteiger partial charge in [0.1, 0.15) is 0 Å². The summed E-state index contributed by atoms with van der Waals surface area (Å²) in [6, 6.07) is 8.36. The van der Waals surface area contributed by atoms with Gasteiger partial charge in [-0.25, -0.2) is 8.42 Å². The van der Waals surface area contributed by atoms with Crippen molar-refractivity contribution in [3.05, 3.63) is 35.9 Å². The van der Waals surface area contributed by atoms with Gasteiger partial charge in [-0.2, -0.15) is 0 Å². The molecule has 23 heavy (non-hydrogen) atoms. The van der Waals surface area contributed by atoms with E-state index in [-0.39, 0.29) is 11.5 Å². The van der Waals surface area contributed by atoms with E-state index in [0.717, 1.165) is 12.8 Å². The molecule has 0 spiro atoms. The minimum absolute atomic E-state index is 0.0832. The molecule has 0 saturated carbocycles. The summed E-state index contributed by atoms with van der Waals surface area (Å²) in [5.41, 5.74) is 6.59. The van der Waals surface area contributed by atoms with Gasteiger partial charge in [0.25, 0.3) is 0 Å². The SMILES string of the molecule is CC(=N)NCCCC[C@H](N)C(O)CS(=O)(=O)Cc1ccccc1. The van der Waals surface area contributed by atoms with E-state index in [1.807, 2.05) is 6.07 Å². The molecule has 0 heterocycles. The maximum Gasteiger partial charge on any atom is 0.157 e. The number of aliphatic hydroxyl groups is 1. The summed E-state index contributed by atoms with van der Waals surface area (Å²) in [6.45, 7) is 2.36. The molecule has 0 amide bonds. The average molecular weight is 341 g/mol. The summed E-state index contributed by atoms with van der Waals surface area (Å²) in [5.74, 6) is 0.0162. The van der Waals surface area contributed by atoms with Crippen molar-refractivity contribution in [1.29, 1.82) is 5.41 Å². The molecule has 1 aromatic carbocycles. The number of rotatable bonds is 10. The molecule has 0 aliphatic rings. The van der Waals surface area contributed by atoms with E-state index in [1.54, 1.807) is 31.2 Å². The molecule has 0 aliphatic heterocycles. The summed E-state index contributed by atoms with van der Waals surface area (Å²) in [5, 5.41) is 20.2. The summed E-state index contributed by atoms with van der Waals surface area (Å²) in [7, 11) is -3.40. The van der Waals surface area contributed by atoms with Crippen LogP contribution in [0.4, 0.5) is 0 Å². The van der Waals surface area contributed by atoms with Crippen LogP contribution in [0.5, 0.6) is 0 Å². The first-order chi connectivity index (χ1) is 10.8. The van der Waals surface area contributed by atoms with Crippen LogP contribution < -0.4 is 11.1 Å². The van der Waals surface area contributed by atoms with Gasteiger partial charge in [-0.1, -0.05) is 36.8 Å². The Bertz CT molecular complexity index is 575. The van der Waals surface area contributed by atoms with Crippen LogP contribution in [0.15, 0.2) is 30.3 Å². The fourth-order valence-electron chi connectivity index (χ4n) is 2.24. The molecule has 7 heteroatoms. The number of nitrogens with one attached hydrogen (secondary N) is 2. The predicted octanol–water partition coefficient (Wildman–Crippen LogP) is 1.05. The van der Waals surface area contributed by atoms with Crippen LogP contribution in [0.1, 0.15) is 31.7 Å². The lowest BCUT2D eigenvalue weighted by molar-refractivity contribution is 0.160. The van der Waals surface area contributed by atoms with Crippen molar-refractivity contribution in [1.82, 2.24) is 5.32 Å². The van der Waals surface area contributed by atoms with Crippen molar-refractivity contribution in [2.45, 2.75) is 44.1 Å². The predicted molar refractivity (Wildman–Crippen MR) is 93.2 cm³/mol. The van der Waals surface area contributed by atoms with Crippen LogP contribution in [-0.4, -0.2) is 43.8 Å². The third-order valence-electron chi connectivity index (χ3n) is 3.50. The Balaban J connectivity index is 2.35. The second-order valence-electron chi connectivity index (χ2n) is 5.82. The van der Waals surface area contributed by atoms with Crippen molar-refractivity contribution < 1.29 is 13.5 Å². The third-order valence-corrected chi connectivity index (χ3v) is 5.13. The van der Waals surface area contributed by atoms with Crippen molar-refractivity contribution in [2.24, 2.45) is 5.73 Å². The van der Waals surface area contributed by atoms with Crippen molar-refractivity contribution in [3.63, 3.8) is 0 Å². The number of nitrogens with two attached hydrogens (primary N) is 1. The zero-order chi connectivity index (χ0) is 17.3. The molecule has 2 atom stereocenters. The van der Waals surface area contributed by atoms with E-state index in [4.69, 9.17) is 11.1 Å². The van der Waals surface area contributed by atoms with Crippen LogP contribution in [0.3, 0.4) is 0 Å². The maximum absolute atomic E-state index is 12.1. The van der Waals surface area contributed by atoms with E-state index in [1.165, 1.54) is 0 Å². The van der Waals surface area contributed by atoms with Gasteiger partial charge in [0.2, 0.25) is 0 Å². The molecule has 6 nitrogen and oxygen atoms in total. The molecule has 1 unspecified atom stereocenters. The number of unbranched alkanes of at least 4 members (excludes halogenated alkanes) is 1. The lowest BCUT2D eigenvalue weighted by atomic mass is 10.1. The lowest BCUT2D eigenvalue weighted by Crippen LogP contribution is -2.39. The van der Waals surface area contributed by atoms with E-state index >= 15 is 0 Å². The van der Waals surface area contributed by atoms with Crippen molar-refractivity contribution in [2.75, 3.05) is 12.3 Å². The van der Waals surface area contributed by atoms with E-state index < -0.39 is 22.0 Å². The number of amidine groups is 1. The third kappa shape index (κ3) is 8.68. The minimum Gasteiger partial charge on any atom is -0.390 e. The second-order valence-corrected chi connectivity index (χ2v) is 7.93. The fourth-order valence-corrected chi connectivity index (χ4v) is 3.83. The van der Waals surface area contributed by atoms with Gasteiger partial charge in [-0.05, 0) is 25.3 Å². The molecule has 0 bridgehead atoms. The van der Waals surface area contributed by atoms with Crippen molar-refractivity contribution in [3.8, 4) is 0 Å². The van der Waals surface area contributed by atoms with Gasteiger partial charge < -0.3 is 16.2 Å². The van der Waals surface area contributed by atoms with Gasteiger partial charge in [0, 0.05) is 12.6 Å². The Morgan fingerprint density at radius 2 is 1.96 bits per heavy atom. The molecule has 0 saturated heterocycles. The maximum atomic E-state index is 12.1. The normalized spacial score (nSPS) is 14.2. The van der Waals surface area contributed by atoms with Crippen LogP contribution >= 0.6 is 0 Å². The Morgan fingerprint density at radius 1 is 1.30 bits per heavy atom. The van der Waals surface area contributed by atoms with Crippen LogP contribution in [0.2, 0.25) is 0 Å². The van der Waals surface area contributed by atoms with Gasteiger partial charge in [-0.3, -0.25) is 5.41 Å². The lowest BCUT2D eigenvalue weighted by Gasteiger charge is -2.19. The summed E-state index contributed by atoms with van der Waals surface area (Å²) in [4.78, 5) is 0. The summed E-state index contributed by atoms with van der Waals surface area (Å²) < 4.78 is 24.2. The van der Waals surface area contributed by atoms with Crippen molar-refractivity contribution >= 4 is 15.7 Å². The molecule has 0 radical (unpaired) electrons. The van der Waals surface area contributed by atoms with Gasteiger partial charge in [0.15, 0.2) is 9.84 Å². The highest BCUT2D eigenvalue weighted by Crippen LogP contribution is 2.10. The highest BCUT2D eigenvalue weighted by atomic mass is 32.2. The van der Waals surface area contributed by atoms with Gasteiger partial charge in [0.05, 0.1) is 23.4 Å². The largest absolute Gasteiger partial charge is 0.390 e. The molecule has 5 N–H and O–H groups in total. The minimum atomic E-state index is -3.40. The first kappa shape index (κ1) is 19.6. The molecule has 1 rings (SSSR count). The highest BCUT2D eigenvalue weighted by molar-refractivity contribution is 7.90. The standard InChI is InChI=1S/C16H27N3O3S/c1-13(17)19-10-6-5-9-15(18)16(20)12-23(21,22)11-14-7-3-2-4-8-14/h2-4,7-8,15-16,20H,5-6,9-12,18H2,1H3,(H2,17,19)/t15-,16?/m0/s1. The Morgan fingerprint density at radius 3 is 2.57 bits per heavy atom. The topological polar surface area (TPSA) is 116 Å². The van der Waals surface area contributed by atoms with Gasteiger partial charge >= 0.3 is 0 Å². The Labute approximate surface area is 138 Å². The smallest absolute Gasteiger partial charge is 0.157 e.